The number of rotatable bonds is 6. The van der Waals surface area contributed by atoms with Gasteiger partial charge in [-0.3, -0.25) is 4.79 Å². The van der Waals surface area contributed by atoms with Crippen molar-refractivity contribution in [1.82, 2.24) is 4.98 Å². The Morgan fingerprint density at radius 3 is 2.37 bits per heavy atom. The molecule has 4 nitrogen and oxygen atoms in total. The second kappa shape index (κ2) is 8.35. The third-order valence-electron chi connectivity index (χ3n) is 4.30. The first-order chi connectivity index (χ1) is 12.9. The fourth-order valence-corrected chi connectivity index (χ4v) is 3.83. The molecule has 0 aliphatic carbocycles. The Morgan fingerprint density at radius 1 is 1.04 bits per heavy atom. The summed E-state index contributed by atoms with van der Waals surface area (Å²) in [6.07, 6.45) is 0.283. The van der Waals surface area contributed by atoms with Crippen LogP contribution in [0.5, 0.6) is 5.75 Å². The van der Waals surface area contributed by atoms with Gasteiger partial charge in [-0.25, -0.2) is 4.98 Å². The third-order valence-corrected chi connectivity index (χ3v) is 5.06. The maximum Gasteiger partial charge on any atom is 0.229 e. The van der Waals surface area contributed by atoms with Gasteiger partial charge < -0.3 is 10.1 Å². The Hall–Kier alpha value is -2.66. The van der Waals surface area contributed by atoms with Gasteiger partial charge in [0, 0.05) is 10.9 Å². The van der Waals surface area contributed by atoms with Crippen molar-refractivity contribution < 1.29 is 9.53 Å². The average molecular weight is 381 g/mol. The number of anilines is 1. The van der Waals surface area contributed by atoms with Crippen LogP contribution in [0.2, 0.25) is 0 Å². The molecule has 0 spiro atoms. The molecule has 0 aliphatic heterocycles. The smallest absolute Gasteiger partial charge is 0.229 e. The Morgan fingerprint density at radius 2 is 1.70 bits per heavy atom. The van der Waals surface area contributed by atoms with Crippen molar-refractivity contribution in [3.63, 3.8) is 0 Å². The van der Waals surface area contributed by atoms with Crippen LogP contribution in [-0.2, 0) is 4.79 Å². The summed E-state index contributed by atoms with van der Waals surface area (Å²) in [4.78, 5) is 16.8. The van der Waals surface area contributed by atoms with Crippen molar-refractivity contribution in [1.29, 1.82) is 0 Å². The predicted molar refractivity (Wildman–Crippen MR) is 112 cm³/mol. The fourth-order valence-electron chi connectivity index (χ4n) is 3.11. The van der Waals surface area contributed by atoms with E-state index in [1.807, 2.05) is 36.6 Å². The number of amides is 1. The van der Waals surface area contributed by atoms with Crippen LogP contribution in [0.15, 0.2) is 41.8 Å². The molecule has 0 fully saturated rings. The van der Waals surface area contributed by atoms with Gasteiger partial charge in [0.1, 0.15) is 5.75 Å². The van der Waals surface area contributed by atoms with Gasteiger partial charge in [-0.1, -0.05) is 35.4 Å². The van der Waals surface area contributed by atoms with Crippen LogP contribution in [0, 0.1) is 27.7 Å². The molecule has 3 rings (SSSR count). The van der Waals surface area contributed by atoms with Gasteiger partial charge in [-0.15, -0.1) is 11.3 Å². The molecular weight excluding hydrogens is 356 g/mol. The van der Waals surface area contributed by atoms with Gasteiger partial charge in [0.25, 0.3) is 0 Å². The number of aromatic nitrogens is 1. The first-order valence-corrected chi connectivity index (χ1v) is 9.83. The molecule has 0 unspecified atom stereocenters. The predicted octanol–water partition coefficient (Wildman–Crippen LogP) is 5.45. The summed E-state index contributed by atoms with van der Waals surface area (Å²) in [6.45, 7) is 8.64. The molecule has 1 amide bonds. The lowest BCUT2D eigenvalue weighted by molar-refractivity contribution is -0.116. The molecule has 0 saturated carbocycles. The van der Waals surface area contributed by atoms with Crippen molar-refractivity contribution in [2.45, 2.75) is 34.1 Å². The van der Waals surface area contributed by atoms with Crippen LogP contribution in [0.1, 0.15) is 28.7 Å². The van der Waals surface area contributed by atoms with E-state index in [4.69, 9.17) is 4.74 Å². The van der Waals surface area contributed by atoms with Gasteiger partial charge in [0.05, 0.1) is 18.7 Å². The molecule has 0 radical (unpaired) electrons. The molecule has 5 heteroatoms. The number of ether oxygens (including phenoxy) is 1. The van der Waals surface area contributed by atoms with Gasteiger partial charge in [-0.05, 0) is 51.0 Å². The zero-order valence-electron chi connectivity index (χ0n) is 16.1. The van der Waals surface area contributed by atoms with E-state index in [1.54, 1.807) is 0 Å². The number of nitrogens with one attached hydrogen (secondary N) is 1. The zero-order chi connectivity index (χ0) is 19.4. The largest absolute Gasteiger partial charge is 0.493 e. The SMILES string of the molecule is Cc1ccc(OCCC(=O)Nc2nc(-c3c(C)cc(C)cc3C)cs2)cc1. The van der Waals surface area contributed by atoms with Crippen molar-refractivity contribution in [3.05, 3.63) is 64.0 Å². The molecular formula is C22H24N2O2S. The lowest BCUT2D eigenvalue weighted by Crippen LogP contribution is -2.15. The number of nitrogens with zero attached hydrogens (tertiary/aromatic N) is 1. The number of carbonyl (C=O) groups is 1. The quantitative estimate of drug-likeness (QED) is 0.618. The number of aryl methyl sites for hydroxylation is 4. The van der Waals surface area contributed by atoms with E-state index in [9.17, 15) is 4.79 Å². The Bertz CT molecular complexity index is 922. The molecule has 2 aromatic carbocycles. The fraction of sp³-hybridized carbons (Fsp3) is 0.273. The Balaban J connectivity index is 1.57. The summed E-state index contributed by atoms with van der Waals surface area (Å²) >= 11 is 1.44. The van der Waals surface area contributed by atoms with Crippen LogP contribution < -0.4 is 10.1 Å². The van der Waals surface area contributed by atoms with Crippen LogP contribution in [0.25, 0.3) is 11.3 Å². The number of benzene rings is 2. The van der Waals surface area contributed by atoms with E-state index >= 15 is 0 Å². The molecule has 3 aromatic rings. The third kappa shape index (κ3) is 4.95. The van der Waals surface area contributed by atoms with E-state index in [2.05, 4.69) is 43.2 Å². The summed E-state index contributed by atoms with van der Waals surface area (Å²) in [5.74, 6) is 0.676. The summed E-state index contributed by atoms with van der Waals surface area (Å²) in [5, 5.41) is 5.47. The monoisotopic (exact) mass is 380 g/mol. The van der Waals surface area contributed by atoms with E-state index in [-0.39, 0.29) is 12.3 Å². The van der Waals surface area contributed by atoms with Crippen molar-refractivity contribution >= 4 is 22.4 Å². The van der Waals surface area contributed by atoms with Crippen LogP contribution >= 0.6 is 11.3 Å². The molecule has 0 atom stereocenters. The minimum Gasteiger partial charge on any atom is -0.493 e. The molecule has 0 saturated heterocycles. The molecule has 0 bridgehead atoms. The average Bonchev–Trinajstić information content (AvgIpc) is 3.03. The van der Waals surface area contributed by atoms with Crippen molar-refractivity contribution in [2.24, 2.45) is 0 Å². The lowest BCUT2D eigenvalue weighted by Gasteiger charge is -2.09. The van der Waals surface area contributed by atoms with Crippen LogP contribution in [-0.4, -0.2) is 17.5 Å². The van der Waals surface area contributed by atoms with Crippen molar-refractivity contribution in [2.75, 3.05) is 11.9 Å². The summed E-state index contributed by atoms with van der Waals surface area (Å²) in [5.41, 5.74) is 6.86. The number of hydrogen-bond acceptors (Lipinski definition) is 4. The van der Waals surface area contributed by atoms with Gasteiger partial charge in [-0.2, -0.15) is 0 Å². The minimum atomic E-state index is -0.0969. The normalized spacial score (nSPS) is 10.7. The first-order valence-electron chi connectivity index (χ1n) is 8.95. The second-order valence-electron chi connectivity index (χ2n) is 6.77. The highest BCUT2D eigenvalue weighted by atomic mass is 32.1. The van der Waals surface area contributed by atoms with Gasteiger partial charge in [0.2, 0.25) is 5.91 Å². The minimum absolute atomic E-state index is 0.0969. The van der Waals surface area contributed by atoms with Gasteiger partial charge >= 0.3 is 0 Å². The van der Waals surface area contributed by atoms with E-state index in [0.29, 0.717) is 11.7 Å². The van der Waals surface area contributed by atoms with Crippen LogP contribution in [0.4, 0.5) is 5.13 Å². The Labute approximate surface area is 164 Å². The summed E-state index contributed by atoms with van der Waals surface area (Å²) in [7, 11) is 0. The first kappa shape index (κ1) is 19.1. The zero-order valence-corrected chi connectivity index (χ0v) is 16.9. The molecule has 27 heavy (non-hydrogen) atoms. The summed E-state index contributed by atoms with van der Waals surface area (Å²) < 4.78 is 5.61. The van der Waals surface area contributed by atoms with E-state index < -0.39 is 0 Å². The maximum atomic E-state index is 12.2. The molecule has 1 N–H and O–H groups in total. The summed E-state index contributed by atoms with van der Waals surface area (Å²) in [6, 6.07) is 12.1. The topological polar surface area (TPSA) is 51.2 Å². The standard InChI is InChI=1S/C22H24N2O2S/c1-14-5-7-18(8-6-14)26-10-9-20(25)24-22-23-19(13-27-22)21-16(3)11-15(2)12-17(21)4/h5-8,11-13H,9-10H2,1-4H3,(H,23,24,25). The number of carbonyl (C=O) groups excluding carboxylic acids is 1. The highest BCUT2D eigenvalue weighted by Crippen LogP contribution is 2.31. The second-order valence-corrected chi connectivity index (χ2v) is 7.63. The Kier molecular flexibility index (Phi) is 5.91. The molecule has 140 valence electrons. The van der Waals surface area contributed by atoms with E-state index in [0.717, 1.165) is 17.0 Å². The number of thiazole rings is 1. The molecule has 0 aliphatic rings. The molecule has 1 aromatic heterocycles. The van der Waals surface area contributed by atoms with E-state index in [1.165, 1.54) is 33.6 Å². The van der Waals surface area contributed by atoms with Gasteiger partial charge in [0.15, 0.2) is 5.13 Å². The highest BCUT2D eigenvalue weighted by molar-refractivity contribution is 7.14. The highest BCUT2D eigenvalue weighted by Gasteiger charge is 2.12. The maximum absolute atomic E-state index is 12.2. The molecule has 1 heterocycles. The lowest BCUT2D eigenvalue weighted by atomic mass is 9.98. The van der Waals surface area contributed by atoms with Crippen LogP contribution in [0.3, 0.4) is 0 Å². The number of hydrogen-bond donors (Lipinski definition) is 1. The van der Waals surface area contributed by atoms with Crippen molar-refractivity contribution in [3.8, 4) is 17.0 Å².